The van der Waals surface area contributed by atoms with Crippen LogP contribution >= 0.6 is 11.6 Å². The van der Waals surface area contributed by atoms with Crippen molar-refractivity contribution in [3.8, 4) is 0 Å². The maximum atomic E-state index is 12.4. The summed E-state index contributed by atoms with van der Waals surface area (Å²) < 4.78 is 1.16. The van der Waals surface area contributed by atoms with Crippen LogP contribution in [0.4, 0.5) is 4.79 Å². The molecule has 7 nitrogen and oxygen atoms in total. The predicted octanol–water partition coefficient (Wildman–Crippen LogP) is 1.42. The Kier molecular flexibility index (Phi) is 4.82. The van der Waals surface area contributed by atoms with Gasteiger partial charge in [0.05, 0.1) is 0 Å². The van der Waals surface area contributed by atoms with Crippen LogP contribution < -0.4 is 5.73 Å². The molecule has 1 aliphatic heterocycles. The van der Waals surface area contributed by atoms with Gasteiger partial charge in [0.15, 0.2) is 5.69 Å². The van der Waals surface area contributed by atoms with Gasteiger partial charge in [-0.15, -0.1) is 0 Å². The second-order valence-electron chi connectivity index (χ2n) is 5.68. The van der Waals surface area contributed by atoms with Gasteiger partial charge in [0.2, 0.25) is 0 Å². The fourth-order valence-corrected chi connectivity index (χ4v) is 2.78. The number of rotatable bonds is 3. The standard InChI is InChI=1S/C16H18ClN5O2/c17-13-3-1-12(2-4-13)11-20-7-9-21(10-8-20)16(24)22-6-5-14(19-22)15(18)23/h1-6H,7-11H2,(H2,18,23). The molecule has 1 aromatic carbocycles. The number of primary amides is 1. The summed E-state index contributed by atoms with van der Waals surface area (Å²) in [6.45, 7) is 3.60. The van der Waals surface area contributed by atoms with Gasteiger partial charge < -0.3 is 10.6 Å². The molecular weight excluding hydrogens is 330 g/mol. The number of carbonyl (C=O) groups excluding carboxylic acids is 2. The first-order valence-corrected chi connectivity index (χ1v) is 8.02. The molecule has 126 valence electrons. The van der Waals surface area contributed by atoms with E-state index in [1.807, 2.05) is 24.3 Å². The number of hydrogen-bond acceptors (Lipinski definition) is 4. The third kappa shape index (κ3) is 3.74. The lowest BCUT2D eigenvalue weighted by molar-refractivity contribution is 0.0995. The topological polar surface area (TPSA) is 84.5 Å². The first-order chi connectivity index (χ1) is 11.5. The van der Waals surface area contributed by atoms with Gasteiger partial charge in [0.25, 0.3) is 5.91 Å². The molecule has 3 rings (SSSR count). The number of piperazine rings is 1. The zero-order valence-electron chi connectivity index (χ0n) is 13.1. The van der Waals surface area contributed by atoms with E-state index < -0.39 is 5.91 Å². The molecule has 0 spiro atoms. The van der Waals surface area contributed by atoms with Gasteiger partial charge in [-0.25, -0.2) is 4.79 Å². The number of benzene rings is 1. The highest BCUT2D eigenvalue weighted by Gasteiger charge is 2.23. The van der Waals surface area contributed by atoms with Crippen LogP contribution in [0.1, 0.15) is 16.1 Å². The summed E-state index contributed by atoms with van der Waals surface area (Å²) in [6, 6.07) is 8.98. The summed E-state index contributed by atoms with van der Waals surface area (Å²) in [5.74, 6) is -0.644. The number of hydrogen-bond donors (Lipinski definition) is 1. The van der Waals surface area contributed by atoms with Gasteiger partial charge in [0.1, 0.15) is 0 Å². The Morgan fingerprint density at radius 1 is 1.08 bits per heavy atom. The van der Waals surface area contributed by atoms with E-state index in [1.165, 1.54) is 17.8 Å². The van der Waals surface area contributed by atoms with E-state index in [0.717, 1.165) is 29.3 Å². The molecule has 2 amide bonds. The summed E-state index contributed by atoms with van der Waals surface area (Å²) in [5.41, 5.74) is 6.43. The molecule has 0 unspecified atom stereocenters. The van der Waals surface area contributed by atoms with E-state index in [2.05, 4.69) is 10.00 Å². The minimum Gasteiger partial charge on any atom is -0.364 e. The van der Waals surface area contributed by atoms with Crippen molar-refractivity contribution in [1.29, 1.82) is 0 Å². The van der Waals surface area contributed by atoms with Crippen molar-refractivity contribution in [3.63, 3.8) is 0 Å². The summed E-state index contributed by atoms with van der Waals surface area (Å²) in [7, 11) is 0. The Hall–Kier alpha value is -2.38. The van der Waals surface area contributed by atoms with Crippen LogP contribution in [0.5, 0.6) is 0 Å². The van der Waals surface area contributed by atoms with Crippen LogP contribution in [-0.2, 0) is 6.54 Å². The van der Waals surface area contributed by atoms with Crippen molar-refractivity contribution in [1.82, 2.24) is 19.6 Å². The molecule has 1 fully saturated rings. The second kappa shape index (κ2) is 7.02. The monoisotopic (exact) mass is 347 g/mol. The Morgan fingerprint density at radius 3 is 2.33 bits per heavy atom. The molecule has 0 bridgehead atoms. The van der Waals surface area contributed by atoms with Crippen LogP contribution in [0.25, 0.3) is 0 Å². The number of carbonyl (C=O) groups is 2. The molecule has 2 heterocycles. The van der Waals surface area contributed by atoms with Gasteiger partial charge in [0, 0.05) is 43.9 Å². The summed E-state index contributed by atoms with van der Waals surface area (Å²) in [6.07, 6.45) is 1.46. The molecule has 1 saturated heterocycles. The molecule has 1 aromatic heterocycles. The lowest BCUT2D eigenvalue weighted by atomic mass is 10.2. The van der Waals surface area contributed by atoms with Gasteiger partial charge in [-0.3, -0.25) is 9.69 Å². The molecule has 1 aliphatic rings. The predicted molar refractivity (Wildman–Crippen MR) is 89.8 cm³/mol. The summed E-state index contributed by atoms with van der Waals surface area (Å²) in [4.78, 5) is 27.4. The number of aromatic nitrogens is 2. The minimum atomic E-state index is -0.644. The number of amides is 2. The third-order valence-electron chi connectivity index (χ3n) is 4.00. The Bertz CT molecular complexity index is 735. The van der Waals surface area contributed by atoms with Gasteiger partial charge in [-0.2, -0.15) is 9.78 Å². The largest absolute Gasteiger partial charge is 0.364 e. The summed E-state index contributed by atoms with van der Waals surface area (Å²) in [5, 5.41) is 4.63. The second-order valence-corrected chi connectivity index (χ2v) is 6.12. The van der Waals surface area contributed by atoms with E-state index in [9.17, 15) is 9.59 Å². The maximum absolute atomic E-state index is 12.4. The first-order valence-electron chi connectivity index (χ1n) is 7.64. The minimum absolute atomic E-state index is 0.0877. The Labute approximate surface area is 144 Å². The number of nitrogens with two attached hydrogens (primary N) is 1. The number of nitrogens with zero attached hydrogens (tertiary/aromatic N) is 4. The van der Waals surface area contributed by atoms with Gasteiger partial charge in [-0.05, 0) is 23.8 Å². The highest BCUT2D eigenvalue weighted by Crippen LogP contribution is 2.13. The van der Waals surface area contributed by atoms with Crippen LogP contribution in [0.2, 0.25) is 5.02 Å². The summed E-state index contributed by atoms with van der Waals surface area (Å²) >= 11 is 5.89. The lowest BCUT2D eigenvalue weighted by Gasteiger charge is -2.34. The quantitative estimate of drug-likeness (QED) is 0.910. The molecule has 0 aliphatic carbocycles. The van der Waals surface area contributed by atoms with E-state index in [0.29, 0.717) is 13.1 Å². The Morgan fingerprint density at radius 2 is 1.75 bits per heavy atom. The molecule has 0 saturated carbocycles. The molecule has 24 heavy (non-hydrogen) atoms. The van der Waals surface area contributed by atoms with E-state index in [4.69, 9.17) is 17.3 Å². The molecule has 8 heteroatoms. The average Bonchev–Trinajstić information content (AvgIpc) is 3.07. The molecule has 0 atom stereocenters. The van der Waals surface area contributed by atoms with E-state index in [1.54, 1.807) is 4.90 Å². The normalized spacial score (nSPS) is 15.5. The molecule has 2 aromatic rings. The van der Waals surface area contributed by atoms with E-state index in [-0.39, 0.29) is 11.7 Å². The first kappa shape index (κ1) is 16.5. The zero-order chi connectivity index (χ0) is 17.1. The molecule has 0 radical (unpaired) electrons. The number of halogens is 1. The fourth-order valence-electron chi connectivity index (χ4n) is 2.65. The van der Waals surface area contributed by atoms with Crippen LogP contribution in [0.3, 0.4) is 0 Å². The fraction of sp³-hybridized carbons (Fsp3) is 0.312. The van der Waals surface area contributed by atoms with Crippen LogP contribution in [-0.4, -0.2) is 57.7 Å². The lowest BCUT2D eigenvalue weighted by Crippen LogP contribution is -2.49. The van der Waals surface area contributed by atoms with Crippen molar-refractivity contribution in [2.45, 2.75) is 6.54 Å². The van der Waals surface area contributed by atoms with E-state index >= 15 is 0 Å². The van der Waals surface area contributed by atoms with Gasteiger partial charge >= 0.3 is 6.03 Å². The Balaban J connectivity index is 1.55. The highest BCUT2D eigenvalue weighted by molar-refractivity contribution is 6.30. The van der Waals surface area contributed by atoms with Gasteiger partial charge in [-0.1, -0.05) is 23.7 Å². The highest BCUT2D eigenvalue weighted by atomic mass is 35.5. The van der Waals surface area contributed by atoms with Crippen molar-refractivity contribution in [2.24, 2.45) is 5.73 Å². The zero-order valence-corrected chi connectivity index (χ0v) is 13.8. The SMILES string of the molecule is NC(=O)c1ccn(C(=O)N2CCN(Cc3ccc(Cl)cc3)CC2)n1. The van der Waals surface area contributed by atoms with Crippen LogP contribution in [0.15, 0.2) is 36.5 Å². The van der Waals surface area contributed by atoms with Crippen molar-refractivity contribution < 1.29 is 9.59 Å². The molecular formula is C16H18ClN5O2. The van der Waals surface area contributed by atoms with Crippen molar-refractivity contribution in [3.05, 3.63) is 52.8 Å². The average molecular weight is 348 g/mol. The van der Waals surface area contributed by atoms with Crippen molar-refractivity contribution in [2.75, 3.05) is 26.2 Å². The maximum Gasteiger partial charge on any atom is 0.344 e. The van der Waals surface area contributed by atoms with Crippen LogP contribution in [0, 0.1) is 0 Å². The van der Waals surface area contributed by atoms with Crippen molar-refractivity contribution >= 4 is 23.5 Å². The molecule has 2 N–H and O–H groups in total. The third-order valence-corrected chi connectivity index (χ3v) is 4.25. The smallest absolute Gasteiger partial charge is 0.344 e.